The highest BCUT2D eigenvalue weighted by Crippen LogP contribution is 2.41. The maximum absolute atomic E-state index is 12.3. The standard InChI is InChI=1S/C23H37NO4.C7H6/c1-4-6-7-8-9-10-11-12-16-22(25)28-21-15-13-14-20-19(21)17-18(5-2)24(20)23(26)27-3;1-5-4-6-2-3-7(5)6/h2,18-21H,4,6-17H2,1,3H3;2-4H,1H3/t18?,19-,20-,21+;/m1./s1. The number of aryl methyl sites for hydroxylation is 1. The highest BCUT2D eigenvalue weighted by atomic mass is 16.5. The summed E-state index contributed by atoms with van der Waals surface area (Å²) in [4.78, 5) is 26.2. The molecule has 4 atom stereocenters. The van der Waals surface area contributed by atoms with E-state index < -0.39 is 0 Å². The highest BCUT2D eigenvalue weighted by Gasteiger charge is 2.49. The Hall–Kier alpha value is -2.48. The van der Waals surface area contributed by atoms with E-state index in [0.717, 1.165) is 32.1 Å². The normalized spacial score (nSPS) is 23.4. The Morgan fingerprint density at radius 3 is 2.31 bits per heavy atom. The van der Waals surface area contributed by atoms with Crippen LogP contribution in [0.15, 0.2) is 18.2 Å². The number of hydrogen-bond donors (Lipinski definition) is 0. The molecule has 0 aromatic rings. The van der Waals surface area contributed by atoms with Crippen LogP contribution in [0.1, 0.15) is 96.0 Å². The van der Waals surface area contributed by atoms with Gasteiger partial charge in [-0.25, -0.2) is 4.79 Å². The number of carbonyl (C=O) groups is 2. The van der Waals surface area contributed by atoms with Gasteiger partial charge in [0.05, 0.1) is 13.2 Å². The van der Waals surface area contributed by atoms with E-state index in [0.29, 0.717) is 12.8 Å². The van der Waals surface area contributed by atoms with Gasteiger partial charge >= 0.3 is 12.1 Å². The van der Waals surface area contributed by atoms with Crippen LogP contribution >= 0.6 is 0 Å². The van der Waals surface area contributed by atoms with E-state index in [1.165, 1.54) is 62.3 Å². The average molecular weight is 482 g/mol. The second-order valence-corrected chi connectivity index (χ2v) is 10.2. The van der Waals surface area contributed by atoms with Gasteiger partial charge in [-0.2, -0.15) is 0 Å². The van der Waals surface area contributed by atoms with Gasteiger partial charge in [0.1, 0.15) is 6.10 Å². The van der Waals surface area contributed by atoms with Crippen molar-refractivity contribution in [3.8, 4) is 23.5 Å². The molecule has 5 heteroatoms. The molecule has 1 amide bonds. The van der Waals surface area contributed by atoms with E-state index in [1.807, 2.05) is 0 Å². The number of amides is 1. The van der Waals surface area contributed by atoms with Gasteiger partial charge in [-0.3, -0.25) is 9.69 Å². The Kier molecular flexibility index (Phi) is 10.5. The third-order valence-corrected chi connectivity index (χ3v) is 7.78. The van der Waals surface area contributed by atoms with Gasteiger partial charge in [-0.1, -0.05) is 76.0 Å². The molecule has 3 aliphatic carbocycles. The first kappa shape index (κ1) is 27.1. The van der Waals surface area contributed by atoms with Gasteiger partial charge in [0.15, 0.2) is 0 Å². The Balaban J connectivity index is 0.000000410. The Labute approximate surface area is 211 Å². The molecule has 4 rings (SSSR count). The summed E-state index contributed by atoms with van der Waals surface area (Å²) in [6.07, 6.45) is 18.7. The molecule has 0 bridgehead atoms. The summed E-state index contributed by atoms with van der Waals surface area (Å²) in [6, 6.07) is 6.25. The van der Waals surface area contributed by atoms with Crippen molar-refractivity contribution in [2.75, 3.05) is 7.11 Å². The lowest BCUT2D eigenvalue weighted by Crippen LogP contribution is -2.46. The number of methoxy groups -OCH3 is 1. The van der Waals surface area contributed by atoms with Crippen molar-refractivity contribution < 1.29 is 19.1 Å². The summed E-state index contributed by atoms with van der Waals surface area (Å²) in [5.41, 5.74) is 4.36. The van der Waals surface area contributed by atoms with Crippen LogP contribution in [0.25, 0.3) is 11.1 Å². The summed E-state index contributed by atoms with van der Waals surface area (Å²) in [5.74, 6) is 2.73. The molecule has 0 radical (unpaired) electrons. The van der Waals surface area contributed by atoms with Crippen LogP contribution in [-0.4, -0.2) is 42.3 Å². The quantitative estimate of drug-likeness (QED) is 0.207. The second-order valence-electron chi connectivity index (χ2n) is 10.2. The van der Waals surface area contributed by atoms with Crippen LogP contribution in [0.4, 0.5) is 4.79 Å². The number of esters is 1. The van der Waals surface area contributed by atoms with E-state index in [1.54, 1.807) is 4.90 Å². The number of carbonyl (C=O) groups excluding carboxylic acids is 2. The maximum atomic E-state index is 12.3. The third-order valence-electron chi connectivity index (χ3n) is 7.78. The van der Waals surface area contributed by atoms with Crippen molar-refractivity contribution >= 4 is 12.1 Å². The van der Waals surface area contributed by atoms with E-state index in [-0.39, 0.29) is 36.2 Å². The molecule has 1 saturated carbocycles. The number of hydrogen-bond acceptors (Lipinski definition) is 4. The van der Waals surface area contributed by atoms with Gasteiger partial charge in [0, 0.05) is 18.4 Å². The molecular formula is C30H43NO4. The molecule has 2 fully saturated rings. The molecule has 1 unspecified atom stereocenters. The zero-order valence-corrected chi connectivity index (χ0v) is 21.9. The van der Waals surface area contributed by atoms with E-state index in [2.05, 4.69) is 38.0 Å². The van der Waals surface area contributed by atoms with Gasteiger partial charge in [-0.15, -0.1) is 6.42 Å². The summed E-state index contributed by atoms with van der Waals surface area (Å²) >= 11 is 0. The fraction of sp³-hybridized carbons (Fsp3) is 0.667. The molecule has 192 valence electrons. The fourth-order valence-electron chi connectivity index (χ4n) is 5.74. The lowest BCUT2D eigenvalue weighted by Gasteiger charge is -2.36. The zero-order valence-electron chi connectivity index (χ0n) is 21.9. The van der Waals surface area contributed by atoms with E-state index >= 15 is 0 Å². The van der Waals surface area contributed by atoms with Crippen molar-refractivity contribution in [2.24, 2.45) is 5.92 Å². The lowest BCUT2D eigenvalue weighted by atomic mass is 9.82. The van der Waals surface area contributed by atoms with Crippen LogP contribution in [-0.2, 0) is 14.3 Å². The number of ether oxygens (including phenoxy) is 2. The minimum atomic E-state index is -0.374. The Morgan fingerprint density at radius 1 is 1.09 bits per heavy atom. The summed E-state index contributed by atoms with van der Waals surface area (Å²) in [5, 5.41) is 0. The number of likely N-dealkylation sites (tertiary alicyclic amines) is 1. The first-order chi connectivity index (χ1) is 17.0. The van der Waals surface area contributed by atoms with Crippen molar-refractivity contribution in [1.29, 1.82) is 0 Å². The lowest BCUT2D eigenvalue weighted by molar-refractivity contribution is -0.154. The number of unbranched alkanes of at least 4 members (excludes halogenated alkanes) is 7. The highest BCUT2D eigenvalue weighted by molar-refractivity contribution is 5.80. The largest absolute Gasteiger partial charge is 0.462 e. The van der Waals surface area contributed by atoms with Crippen LogP contribution < -0.4 is 0 Å². The van der Waals surface area contributed by atoms with Crippen LogP contribution in [0.2, 0.25) is 0 Å². The monoisotopic (exact) mass is 481 g/mol. The minimum absolute atomic E-state index is 0.0168. The van der Waals surface area contributed by atoms with Crippen LogP contribution in [0, 0.1) is 25.2 Å². The topological polar surface area (TPSA) is 55.8 Å². The average Bonchev–Trinajstić information content (AvgIpc) is 3.23. The smallest absolute Gasteiger partial charge is 0.410 e. The number of nitrogens with zero attached hydrogens (tertiary/aromatic N) is 1. The number of terminal acetylenes is 1. The molecule has 0 spiro atoms. The maximum Gasteiger partial charge on any atom is 0.410 e. The molecule has 1 saturated heterocycles. The summed E-state index contributed by atoms with van der Waals surface area (Å²) < 4.78 is 10.8. The molecule has 1 heterocycles. The molecule has 0 aromatic carbocycles. The van der Waals surface area contributed by atoms with E-state index in [4.69, 9.17) is 15.9 Å². The van der Waals surface area contributed by atoms with Gasteiger partial charge in [0.25, 0.3) is 0 Å². The van der Waals surface area contributed by atoms with Crippen LogP contribution in [0.3, 0.4) is 0 Å². The molecule has 35 heavy (non-hydrogen) atoms. The summed E-state index contributed by atoms with van der Waals surface area (Å²) in [6.45, 7) is 4.37. The molecule has 1 aliphatic heterocycles. The first-order valence-corrected chi connectivity index (χ1v) is 13.6. The van der Waals surface area contributed by atoms with Gasteiger partial charge in [-0.05, 0) is 55.7 Å². The third kappa shape index (κ3) is 7.03. The van der Waals surface area contributed by atoms with Crippen molar-refractivity contribution in [2.45, 2.75) is 116 Å². The van der Waals surface area contributed by atoms with Gasteiger partial charge < -0.3 is 9.47 Å². The first-order valence-electron chi connectivity index (χ1n) is 13.6. The zero-order chi connectivity index (χ0) is 25.2. The minimum Gasteiger partial charge on any atom is -0.462 e. The SMILES string of the molecule is C#CC1C[C@H]2[C@@H](OC(=O)CCCCCCCCCC)CCC[C@H]2N1C(=O)OC.Cc1cc2ccc1-2. The summed E-state index contributed by atoms with van der Waals surface area (Å²) in [7, 11) is 1.38. The van der Waals surface area contributed by atoms with Crippen molar-refractivity contribution in [3.05, 3.63) is 23.8 Å². The second kappa shape index (κ2) is 13.6. The molecule has 5 nitrogen and oxygen atoms in total. The number of rotatable bonds is 10. The Morgan fingerprint density at radius 2 is 1.80 bits per heavy atom. The number of benzene rings is 1. The Bertz CT molecular complexity index is 889. The van der Waals surface area contributed by atoms with Crippen molar-refractivity contribution in [1.82, 2.24) is 4.90 Å². The van der Waals surface area contributed by atoms with E-state index in [9.17, 15) is 9.59 Å². The molecule has 4 aliphatic rings. The fourth-order valence-corrected chi connectivity index (χ4v) is 5.74. The molecular weight excluding hydrogens is 438 g/mol. The number of fused-ring (bicyclic) bond motifs is 2. The molecule has 0 N–H and O–H groups in total. The van der Waals surface area contributed by atoms with Crippen molar-refractivity contribution in [3.63, 3.8) is 0 Å². The predicted molar refractivity (Wildman–Crippen MR) is 140 cm³/mol. The van der Waals surface area contributed by atoms with Crippen LogP contribution in [0.5, 0.6) is 0 Å². The predicted octanol–water partition coefficient (Wildman–Crippen LogP) is 7.05. The molecule has 0 aromatic heterocycles. The van der Waals surface area contributed by atoms with Gasteiger partial charge in [0.2, 0.25) is 0 Å².